The smallest absolute Gasteiger partial charge is 0.104 e. The van der Waals surface area contributed by atoms with Crippen LogP contribution >= 0.6 is 11.3 Å². The largest absolute Gasteiger partial charge is 0.384 e. The van der Waals surface area contributed by atoms with Gasteiger partial charge in [-0.25, -0.2) is 4.98 Å². The number of rotatable bonds is 2. The van der Waals surface area contributed by atoms with Crippen LogP contribution in [0.25, 0.3) is 11.0 Å². The third-order valence-electron chi connectivity index (χ3n) is 3.60. The predicted octanol–water partition coefficient (Wildman–Crippen LogP) is 3.11. The maximum atomic E-state index is 8.83. The number of aryl methyl sites for hydroxylation is 2. The number of thiophene rings is 1. The van der Waals surface area contributed by atoms with E-state index in [1.54, 1.807) is 11.3 Å². The molecule has 1 N–H and O–H groups in total. The fourth-order valence-electron chi connectivity index (χ4n) is 2.30. The van der Waals surface area contributed by atoms with Crippen molar-refractivity contribution in [2.24, 2.45) is 0 Å². The van der Waals surface area contributed by atoms with Gasteiger partial charge in [0.15, 0.2) is 0 Å². The molecule has 0 aliphatic heterocycles. The van der Waals surface area contributed by atoms with Crippen molar-refractivity contribution in [2.75, 3.05) is 6.61 Å². The van der Waals surface area contributed by atoms with Gasteiger partial charge < -0.3 is 9.67 Å². The molecule has 0 aliphatic rings. The van der Waals surface area contributed by atoms with E-state index < -0.39 is 0 Å². The number of hydrogen-bond donors (Lipinski definition) is 1. The summed E-state index contributed by atoms with van der Waals surface area (Å²) in [6.07, 6.45) is 1.88. The van der Waals surface area contributed by atoms with E-state index in [-0.39, 0.29) is 6.61 Å². The zero-order valence-corrected chi connectivity index (χ0v) is 12.9. The minimum atomic E-state index is -0.109. The lowest BCUT2D eigenvalue weighted by Crippen LogP contribution is -1.98. The molecule has 2 aromatic heterocycles. The van der Waals surface area contributed by atoms with Crippen molar-refractivity contribution in [2.45, 2.75) is 20.4 Å². The Hall–Kier alpha value is -2.09. The van der Waals surface area contributed by atoms with E-state index in [0.717, 1.165) is 23.1 Å². The molecule has 0 aliphatic carbocycles. The van der Waals surface area contributed by atoms with Gasteiger partial charge in [-0.2, -0.15) is 0 Å². The number of aromatic nitrogens is 2. The second kappa shape index (κ2) is 5.72. The average molecular weight is 296 g/mol. The van der Waals surface area contributed by atoms with E-state index >= 15 is 0 Å². The first-order valence-electron chi connectivity index (χ1n) is 6.77. The Kier molecular flexibility index (Phi) is 3.78. The number of aliphatic hydroxyl groups is 1. The van der Waals surface area contributed by atoms with E-state index in [1.807, 2.05) is 17.8 Å². The minimum Gasteiger partial charge on any atom is -0.384 e. The van der Waals surface area contributed by atoms with Crippen LogP contribution < -0.4 is 0 Å². The fourth-order valence-corrected chi connectivity index (χ4v) is 3.13. The molecule has 0 saturated heterocycles. The Morgan fingerprint density at radius 1 is 1.29 bits per heavy atom. The molecular weight excluding hydrogens is 280 g/mol. The molecule has 2 heterocycles. The van der Waals surface area contributed by atoms with Gasteiger partial charge in [0.1, 0.15) is 6.61 Å². The van der Waals surface area contributed by atoms with Crippen LogP contribution in [0.2, 0.25) is 0 Å². The normalized spacial score (nSPS) is 10.6. The molecule has 3 nitrogen and oxygen atoms in total. The molecule has 0 radical (unpaired) electrons. The molecule has 3 rings (SSSR count). The van der Waals surface area contributed by atoms with Crippen molar-refractivity contribution in [1.29, 1.82) is 0 Å². The highest BCUT2D eigenvalue weighted by Crippen LogP contribution is 2.22. The van der Waals surface area contributed by atoms with Gasteiger partial charge in [-0.15, -0.1) is 11.3 Å². The first kappa shape index (κ1) is 13.9. The Balaban J connectivity index is 1.99. The van der Waals surface area contributed by atoms with Gasteiger partial charge in [0.25, 0.3) is 0 Å². The van der Waals surface area contributed by atoms with Crippen molar-refractivity contribution in [3.8, 4) is 11.8 Å². The molecule has 0 unspecified atom stereocenters. The molecule has 21 heavy (non-hydrogen) atoms. The monoisotopic (exact) mass is 296 g/mol. The lowest BCUT2D eigenvalue weighted by atomic mass is 10.1. The highest BCUT2D eigenvalue weighted by molar-refractivity contribution is 7.10. The van der Waals surface area contributed by atoms with E-state index in [2.05, 4.69) is 47.4 Å². The third-order valence-corrected chi connectivity index (χ3v) is 4.50. The first-order chi connectivity index (χ1) is 10.2. The topological polar surface area (TPSA) is 38.0 Å². The number of aliphatic hydroxyl groups excluding tert-OH is 1. The van der Waals surface area contributed by atoms with E-state index in [0.29, 0.717) is 0 Å². The van der Waals surface area contributed by atoms with Crippen LogP contribution in [0.4, 0.5) is 0 Å². The Morgan fingerprint density at radius 3 is 2.90 bits per heavy atom. The number of nitrogens with zero attached hydrogens (tertiary/aromatic N) is 2. The van der Waals surface area contributed by atoms with Crippen molar-refractivity contribution < 1.29 is 5.11 Å². The quantitative estimate of drug-likeness (QED) is 0.738. The van der Waals surface area contributed by atoms with Gasteiger partial charge in [-0.1, -0.05) is 11.8 Å². The summed E-state index contributed by atoms with van der Waals surface area (Å²) < 4.78 is 2.15. The zero-order chi connectivity index (χ0) is 14.8. The van der Waals surface area contributed by atoms with Crippen LogP contribution in [0.15, 0.2) is 29.9 Å². The lowest BCUT2D eigenvalue weighted by molar-refractivity contribution is 0.350. The Bertz CT molecular complexity index is 849. The van der Waals surface area contributed by atoms with Crippen molar-refractivity contribution in [1.82, 2.24) is 9.55 Å². The van der Waals surface area contributed by atoms with Gasteiger partial charge in [0.05, 0.1) is 23.9 Å². The zero-order valence-electron chi connectivity index (χ0n) is 12.1. The molecule has 0 atom stereocenters. The average Bonchev–Trinajstić information content (AvgIpc) is 3.06. The van der Waals surface area contributed by atoms with Crippen LogP contribution in [-0.4, -0.2) is 21.3 Å². The van der Waals surface area contributed by atoms with Gasteiger partial charge >= 0.3 is 0 Å². The molecule has 0 amide bonds. The second-order valence-corrected chi connectivity index (χ2v) is 6.02. The number of fused-ring (bicyclic) bond motifs is 1. The van der Waals surface area contributed by atoms with Crippen molar-refractivity contribution in [3.63, 3.8) is 0 Å². The highest BCUT2D eigenvalue weighted by Gasteiger charge is 2.08. The molecule has 1 aromatic carbocycles. The van der Waals surface area contributed by atoms with Crippen LogP contribution in [0.3, 0.4) is 0 Å². The molecule has 0 saturated carbocycles. The second-order valence-electron chi connectivity index (χ2n) is 5.01. The summed E-state index contributed by atoms with van der Waals surface area (Å²) in [5, 5.41) is 10.9. The molecule has 4 heteroatoms. The molecule has 106 valence electrons. The van der Waals surface area contributed by atoms with Crippen LogP contribution in [0.5, 0.6) is 0 Å². The molecular formula is C17H16N2OS. The summed E-state index contributed by atoms with van der Waals surface area (Å²) in [6, 6.07) is 6.31. The predicted molar refractivity (Wildman–Crippen MR) is 86.6 cm³/mol. The van der Waals surface area contributed by atoms with E-state index in [9.17, 15) is 0 Å². The summed E-state index contributed by atoms with van der Waals surface area (Å²) in [7, 11) is 0. The number of benzene rings is 1. The molecule has 0 bridgehead atoms. The lowest BCUT2D eigenvalue weighted by Gasteiger charge is -2.05. The fraction of sp³-hybridized carbons (Fsp3) is 0.235. The summed E-state index contributed by atoms with van der Waals surface area (Å²) in [5.41, 5.74) is 5.69. The summed E-state index contributed by atoms with van der Waals surface area (Å²) in [6.45, 7) is 4.87. The standard InChI is InChI=1S/C17H16N2OS/c1-12-8-15-16(9-13(12)2)19(11-18-15)10-17-14(4-3-6-20)5-7-21-17/h5,7-9,11,20H,6,10H2,1-2H3. The van der Waals surface area contributed by atoms with Gasteiger partial charge in [-0.05, 0) is 48.6 Å². The SMILES string of the molecule is Cc1cc2ncn(Cc3sccc3C#CCO)c2cc1C. The maximum absolute atomic E-state index is 8.83. The van der Waals surface area contributed by atoms with Crippen LogP contribution in [-0.2, 0) is 6.54 Å². The first-order valence-corrected chi connectivity index (χ1v) is 7.65. The van der Waals surface area contributed by atoms with Crippen LogP contribution in [0, 0.1) is 25.7 Å². The minimum absolute atomic E-state index is 0.109. The Labute approximate surface area is 127 Å². The Morgan fingerprint density at radius 2 is 2.10 bits per heavy atom. The third kappa shape index (κ3) is 2.71. The summed E-state index contributed by atoms with van der Waals surface area (Å²) >= 11 is 1.68. The van der Waals surface area contributed by atoms with Gasteiger partial charge in [-0.3, -0.25) is 0 Å². The van der Waals surface area contributed by atoms with Crippen LogP contribution in [0.1, 0.15) is 21.6 Å². The summed E-state index contributed by atoms with van der Waals surface area (Å²) in [5.74, 6) is 5.71. The number of imidazole rings is 1. The molecule has 3 aromatic rings. The van der Waals surface area contributed by atoms with Crippen molar-refractivity contribution in [3.05, 3.63) is 51.5 Å². The van der Waals surface area contributed by atoms with E-state index in [4.69, 9.17) is 5.11 Å². The highest BCUT2D eigenvalue weighted by atomic mass is 32.1. The van der Waals surface area contributed by atoms with Crippen molar-refractivity contribution >= 4 is 22.4 Å². The van der Waals surface area contributed by atoms with Gasteiger partial charge in [0.2, 0.25) is 0 Å². The maximum Gasteiger partial charge on any atom is 0.104 e. The van der Waals surface area contributed by atoms with E-state index in [1.165, 1.54) is 16.0 Å². The molecule has 0 fully saturated rings. The summed E-state index contributed by atoms with van der Waals surface area (Å²) in [4.78, 5) is 5.67. The molecule has 0 spiro atoms. The number of hydrogen-bond acceptors (Lipinski definition) is 3. The van der Waals surface area contributed by atoms with Gasteiger partial charge in [0, 0.05) is 10.4 Å².